The number of anilines is 1. The van der Waals surface area contributed by atoms with Gasteiger partial charge in [0.1, 0.15) is 5.82 Å². The van der Waals surface area contributed by atoms with E-state index in [0.29, 0.717) is 6.04 Å². The van der Waals surface area contributed by atoms with Crippen LogP contribution in [0.5, 0.6) is 0 Å². The van der Waals surface area contributed by atoms with Gasteiger partial charge in [-0.25, -0.2) is 4.98 Å². The molecule has 1 fully saturated rings. The minimum absolute atomic E-state index is 0.561. The van der Waals surface area contributed by atoms with Gasteiger partial charge in [0, 0.05) is 31.9 Å². The van der Waals surface area contributed by atoms with Gasteiger partial charge in [0.05, 0.1) is 5.02 Å². The average Bonchev–Trinajstić information content (AvgIpc) is 2.85. The first kappa shape index (κ1) is 15.5. The largest absolute Gasteiger partial charge is 0.352 e. The van der Waals surface area contributed by atoms with Crippen LogP contribution in [0.1, 0.15) is 25.3 Å². The average molecular weight is 297 g/mol. The molecule has 1 atom stereocenters. The van der Waals surface area contributed by atoms with Gasteiger partial charge in [-0.05, 0) is 45.1 Å². The quantitative estimate of drug-likeness (QED) is 0.873. The summed E-state index contributed by atoms with van der Waals surface area (Å²) in [5.74, 6) is 1.06. The fourth-order valence-corrected chi connectivity index (χ4v) is 2.94. The highest BCUT2D eigenvalue weighted by atomic mass is 35.5. The molecule has 1 aliphatic heterocycles. The molecule has 4 nitrogen and oxygen atoms in total. The van der Waals surface area contributed by atoms with E-state index in [1.165, 1.54) is 12.8 Å². The molecule has 2 heterocycles. The van der Waals surface area contributed by atoms with Crippen LogP contribution in [0.25, 0.3) is 0 Å². The Labute approximate surface area is 127 Å². The van der Waals surface area contributed by atoms with E-state index in [1.54, 1.807) is 6.20 Å². The fraction of sp³-hybridized carbons (Fsp3) is 0.667. The molecule has 20 heavy (non-hydrogen) atoms. The van der Waals surface area contributed by atoms with E-state index < -0.39 is 0 Å². The molecular formula is C15H25ClN4. The maximum atomic E-state index is 6.23. The van der Waals surface area contributed by atoms with Gasteiger partial charge in [-0.2, -0.15) is 0 Å². The summed E-state index contributed by atoms with van der Waals surface area (Å²) >= 11 is 6.23. The van der Waals surface area contributed by atoms with Crippen LogP contribution >= 0.6 is 11.6 Å². The molecule has 2 rings (SSSR count). The Balaban J connectivity index is 2.14. The van der Waals surface area contributed by atoms with Gasteiger partial charge in [-0.3, -0.25) is 0 Å². The molecule has 0 radical (unpaired) electrons. The van der Waals surface area contributed by atoms with Crippen LogP contribution in [0, 0.1) is 0 Å². The summed E-state index contributed by atoms with van der Waals surface area (Å²) in [6.45, 7) is 6.02. The van der Waals surface area contributed by atoms with Crippen LogP contribution in [-0.2, 0) is 6.54 Å². The molecule has 1 unspecified atom stereocenters. The van der Waals surface area contributed by atoms with Crippen LogP contribution in [0.4, 0.5) is 5.82 Å². The van der Waals surface area contributed by atoms with Gasteiger partial charge in [-0.15, -0.1) is 0 Å². The number of pyridine rings is 1. The Hall–Kier alpha value is -0.840. The summed E-state index contributed by atoms with van der Waals surface area (Å²) in [5.41, 5.74) is 1.13. The van der Waals surface area contributed by atoms with E-state index >= 15 is 0 Å². The maximum absolute atomic E-state index is 6.23. The number of aromatic nitrogens is 1. The van der Waals surface area contributed by atoms with Crippen molar-refractivity contribution >= 4 is 17.4 Å². The predicted octanol–water partition coefficient (Wildman–Crippen LogP) is 2.37. The van der Waals surface area contributed by atoms with Crippen molar-refractivity contribution in [3.8, 4) is 0 Å². The van der Waals surface area contributed by atoms with Crippen LogP contribution < -0.4 is 10.2 Å². The Morgan fingerprint density at radius 1 is 1.50 bits per heavy atom. The van der Waals surface area contributed by atoms with Crippen LogP contribution in [0.3, 0.4) is 0 Å². The number of nitrogens with zero attached hydrogens (tertiary/aromatic N) is 3. The van der Waals surface area contributed by atoms with Crippen molar-refractivity contribution in [1.82, 2.24) is 15.2 Å². The normalized spacial score (nSPS) is 19.1. The second-order valence-corrected chi connectivity index (χ2v) is 6.07. The second-order valence-electron chi connectivity index (χ2n) is 5.67. The van der Waals surface area contributed by atoms with Crippen molar-refractivity contribution in [3.63, 3.8) is 0 Å². The molecule has 1 N–H and O–H groups in total. The number of nitrogens with one attached hydrogen (secondary N) is 1. The lowest BCUT2D eigenvalue weighted by Crippen LogP contribution is -2.38. The molecule has 0 aromatic carbocycles. The molecule has 0 bridgehead atoms. The zero-order valence-electron chi connectivity index (χ0n) is 12.7. The highest BCUT2D eigenvalue weighted by Crippen LogP contribution is 2.27. The Morgan fingerprint density at radius 3 is 3.00 bits per heavy atom. The third-order valence-electron chi connectivity index (χ3n) is 3.73. The Morgan fingerprint density at radius 2 is 2.30 bits per heavy atom. The number of hydrogen-bond donors (Lipinski definition) is 1. The van der Waals surface area contributed by atoms with E-state index in [1.807, 2.05) is 0 Å². The third kappa shape index (κ3) is 3.84. The molecular weight excluding hydrogens is 272 g/mol. The van der Waals surface area contributed by atoms with Gasteiger partial charge >= 0.3 is 0 Å². The van der Waals surface area contributed by atoms with E-state index in [0.717, 1.165) is 42.6 Å². The van der Waals surface area contributed by atoms with E-state index in [2.05, 4.69) is 47.2 Å². The monoisotopic (exact) mass is 296 g/mol. The molecule has 112 valence electrons. The standard InChI is InChI=1S/C15H25ClN4/c1-4-17-9-12-8-15(18-10-14(12)16)20-7-5-6-13(20)11-19(2)3/h8,10,13,17H,4-7,9,11H2,1-3H3. The van der Waals surface area contributed by atoms with Crippen LogP contribution in [-0.4, -0.2) is 49.7 Å². The zero-order valence-corrected chi connectivity index (χ0v) is 13.5. The van der Waals surface area contributed by atoms with E-state index in [9.17, 15) is 0 Å². The lowest BCUT2D eigenvalue weighted by molar-refractivity contribution is 0.371. The van der Waals surface area contributed by atoms with Gasteiger partial charge in [0.15, 0.2) is 0 Å². The smallest absolute Gasteiger partial charge is 0.129 e. The predicted molar refractivity (Wildman–Crippen MR) is 85.5 cm³/mol. The van der Waals surface area contributed by atoms with Crippen molar-refractivity contribution in [1.29, 1.82) is 0 Å². The fourth-order valence-electron chi connectivity index (χ4n) is 2.77. The Bertz CT molecular complexity index is 436. The minimum Gasteiger partial charge on any atom is -0.352 e. The summed E-state index contributed by atoms with van der Waals surface area (Å²) in [5, 5.41) is 4.08. The van der Waals surface area contributed by atoms with Gasteiger partial charge in [0.2, 0.25) is 0 Å². The lowest BCUT2D eigenvalue weighted by Gasteiger charge is -2.28. The summed E-state index contributed by atoms with van der Waals surface area (Å²) < 4.78 is 0. The van der Waals surface area contributed by atoms with E-state index in [-0.39, 0.29) is 0 Å². The second kappa shape index (κ2) is 7.25. The van der Waals surface area contributed by atoms with Crippen molar-refractivity contribution in [2.45, 2.75) is 32.4 Å². The summed E-state index contributed by atoms with van der Waals surface area (Å²) in [6, 6.07) is 2.70. The van der Waals surface area contributed by atoms with Crippen molar-refractivity contribution in [3.05, 3.63) is 22.8 Å². The van der Waals surface area contributed by atoms with E-state index in [4.69, 9.17) is 11.6 Å². The number of likely N-dealkylation sites (N-methyl/N-ethyl adjacent to an activating group) is 1. The highest BCUT2D eigenvalue weighted by molar-refractivity contribution is 6.31. The molecule has 1 aromatic heterocycles. The molecule has 1 saturated heterocycles. The SMILES string of the molecule is CCNCc1cc(N2CCCC2CN(C)C)ncc1Cl. The van der Waals surface area contributed by atoms with Crippen molar-refractivity contribution in [2.24, 2.45) is 0 Å². The molecule has 1 aromatic rings. The third-order valence-corrected chi connectivity index (χ3v) is 4.07. The molecule has 0 aliphatic carbocycles. The molecule has 1 aliphatic rings. The Kier molecular flexibility index (Phi) is 5.64. The molecule has 0 spiro atoms. The van der Waals surface area contributed by atoms with Gasteiger partial charge in [-0.1, -0.05) is 18.5 Å². The van der Waals surface area contributed by atoms with Gasteiger partial charge in [0.25, 0.3) is 0 Å². The molecule has 5 heteroatoms. The van der Waals surface area contributed by atoms with Crippen LogP contribution in [0.2, 0.25) is 5.02 Å². The highest BCUT2D eigenvalue weighted by Gasteiger charge is 2.26. The number of rotatable bonds is 6. The summed E-state index contributed by atoms with van der Waals surface area (Å²) in [4.78, 5) is 9.21. The zero-order chi connectivity index (χ0) is 14.5. The van der Waals surface area contributed by atoms with Crippen LogP contribution in [0.15, 0.2) is 12.3 Å². The lowest BCUT2D eigenvalue weighted by atomic mass is 10.2. The number of hydrogen-bond acceptors (Lipinski definition) is 4. The number of halogens is 1. The first-order chi connectivity index (χ1) is 9.61. The topological polar surface area (TPSA) is 31.4 Å². The molecule has 0 saturated carbocycles. The summed E-state index contributed by atoms with van der Waals surface area (Å²) in [7, 11) is 4.25. The first-order valence-electron chi connectivity index (χ1n) is 7.38. The minimum atomic E-state index is 0.561. The first-order valence-corrected chi connectivity index (χ1v) is 7.76. The van der Waals surface area contributed by atoms with Gasteiger partial charge < -0.3 is 15.1 Å². The van der Waals surface area contributed by atoms with Crippen molar-refractivity contribution < 1.29 is 0 Å². The van der Waals surface area contributed by atoms with Crippen molar-refractivity contribution in [2.75, 3.05) is 38.6 Å². The molecule has 0 amide bonds. The maximum Gasteiger partial charge on any atom is 0.129 e. The summed E-state index contributed by atoms with van der Waals surface area (Å²) in [6.07, 6.45) is 4.27.